The van der Waals surface area contributed by atoms with Gasteiger partial charge in [-0.3, -0.25) is 4.79 Å². The molecule has 1 fully saturated rings. The number of cyclic esters (lactones) is 1. The van der Waals surface area contributed by atoms with Gasteiger partial charge >= 0.3 is 6.09 Å². The lowest BCUT2D eigenvalue weighted by atomic mass is 9.88. The number of ether oxygens (including phenoxy) is 1. The highest BCUT2D eigenvalue weighted by atomic mass is 35.5. The average Bonchev–Trinajstić information content (AvgIpc) is 2.69. The van der Waals surface area contributed by atoms with Crippen LogP contribution in [0.4, 0.5) is 4.79 Å². The van der Waals surface area contributed by atoms with Crippen LogP contribution in [0.15, 0.2) is 54.6 Å². The van der Waals surface area contributed by atoms with Gasteiger partial charge in [0.05, 0.1) is 6.61 Å². The van der Waals surface area contributed by atoms with E-state index in [0.717, 1.165) is 17.5 Å². The van der Waals surface area contributed by atoms with Crippen LogP contribution in [0.2, 0.25) is 5.02 Å². The molecule has 1 atom stereocenters. The summed E-state index contributed by atoms with van der Waals surface area (Å²) >= 11 is 6.00. The Morgan fingerprint density at radius 2 is 1.81 bits per heavy atom. The molecule has 142 valence electrons. The second kappa shape index (κ2) is 9.42. The van der Waals surface area contributed by atoms with Crippen molar-refractivity contribution in [2.45, 2.75) is 18.8 Å². The summed E-state index contributed by atoms with van der Waals surface area (Å²) in [7, 11) is 0. The Hall–Kier alpha value is -2.53. The van der Waals surface area contributed by atoms with Gasteiger partial charge in [0, 0.05) is 37.0 Å². The van der Waals surface area contributed by atoms with Crippen molar-refractivity contribution >= 4 is 23.6 Å². The van der Waals surface area contributed by atoms with Crippen molar-refractivity contribution in [2.75, 3.05) is 26.2 Å². The summed E-state index contributed by atoms with van der Waals surface area (Å²) in [5.41, 5.74) is 2.12. The molecule has 1 saturated heterocycles. The van der Waals surface area contributed by atoms with E-state index in [-0.39, 0.29) is 17.9 Å². The molecule has 0 spiro atoms. The summed E-state index contributed by atoms with van der Waals surface area (Å²) in [4.78, 5) is 25.8. The Kier molecular flexibility index (Phi) is 6.71. The van der Waals surface area contributed by atoms with Gasteiger partial charge < -0.3 is 15.0 Å². The smallest absolute Gasteiger partial charge is 0.409 e. The highest BCUT2D eigenvalue weighted by Crippen LogP contribution is 2.28. The number of halogens is 1. The van der Waals surface area contributed by atoms with Crippen LogP contribution in [0.1, 0.15) is 29.9 Å². The quantitative estimate of drug-likeness (QED) is 0.786. The Labute approximate surface area is 164 Å². The van der Waals surface area contributed by atoms with E-state index in [1.165, 1.54) is 0 Å². The molecule has 0 aromatic heterocycles. The van der Waals surface area contributed by atoms with Crippen LogP contribution in [0.25, 0.3) is 0 Å². The first-order chi connectivity index (χ1) is 13.1. The average molecular weight is 387 g/mol. The molecule has 1 aliphatic rings. The number of benzene rings is 2. The second-order valence-corrected chi connectivity index (χ2v) is 6.96. The van der Waals surface area contributed by atoms with Gasteiger partial charge in [-0.15, -0.1) is 0 Å². The minimum Gasteiger partial charge on any atom is -0.449 e. The minimum atomic E-state index is -0.307. The minimum absolute atomic E-state index is 0.0517. The van der Waals surface area contributed by atoms with E-state index in [1.54, 1.807) is 4.90 Å². The van der Waals surface area contributed by atoms with Gasteiger partial charge in [-0.25, -0.2) is 4.79 Å². The van der Waals surface area contributed by atoms with Crippen LogP contribution in [0.5, 0.6) is 0 Å². The highest BCUT2D eigenvalue weighted by molar-refractivity contribution is 6.30. The molecule has 1 N–H and O–H groups in total. The Morgan fingerprint density at radius 3 is 2.52 bits per heavy atom. The van der Waals surface area contributed by atoms with E-state index in [0.29, 0.717) is 37.7 Å². The number of carbonyl (C=O) groups excluding carboxylic acids is 2. The van der Waals surface area contributed by atoms with Gasteiger partial charge in [0.2, 0.25) is 5.91 Å². The first kappa shape index (κ1) is 19.2. The van der Waals surface area contributed by atoms with E-state index in [9.17, 15) is 9.59 Å². The van der Waals surface area contributed by atoms with Crippen LogP contribution in [-0.4, -0.2) is 43.1 Å². The first-order valence-corrected chi connectivity index (χ1v) is 9.50. The molecular formula is C21H23ClN2O3. The molecule has 5 nitrogen and oxygen atoms in total. The number of hydrogen-bond acceptors (Lipinski definition) is 3. The van der Waals surface area contributed by atoms with Crippen molar-refractivity contribution in [2.24, 2.45) is 0 Å². The van der Waals surface area contributed by atoms with E-state index in [2.05, 4.69) is 5.32 Å². The second-order valence-electron chi connectivity index (χ2n) is 6.52. The van der Waals surface area contributed by atoms with Crippen LogP contribution in [0.3, 0.4) is 0 Å². The van der Waals surface area contributed by atoms with Gasteiger partial charge in [-0.05, 0) is 29.7 Å². The molecule has 3 rings (SSSR count). The molecule has 0 unspecified atom stereocenters. The van der Waals surface area contributed by atoms with E-state index >= 15 is 0 Å². The zero-order valence-corrected chi connectivity index (χ0v) is 15.8. The fourth-order valence-electron chi connectivity index (χ4n) is 3.20. The predicted molar refractivity (Wildman–Crippen MR) is 105 cm³/mol. The summed E-state index contributed by atoms with van der Waals surface area (Å²) < 4.78 is 5.00. The SMILES string of the molecule is O=C(C[C@@H](c1ccccc1)c1ccc(Cl)cc1)NCCN1CCCOC1=O. The lowest BCUT2D eigenvalue weighted by molar-refractivity contribution is -0.121. The molecule has 1 heterocycles. The number of nitrogens with one attached hydrogen (secondary N) is 1. The van der Waals surface area contributed by atoms with Crippen molar-refractivity contribution in [3.63, 3.8) is 0 Å². The van der Waals surface area contributed by atoms with Crippen LogP contribution < -0.4 is 5.32 Å². The monoisotopic (exact) mass is 386 g/mol. The molecule has 0 saturated carbocycles. The van der Waals surface area contributed by atoms with Crippen LogP contribution in [0, 0.1) is 0 Å². The molecule has 0 bridgehead atoms. The molecule has 1 aliphatic heterocycles. The fraction of sp³-hybridized carbons (Fsp3) is 0.333. The Bertz CT molecular complexity index is 765. The standard InChI is InChI=1S/C21H23ClN2O3/c22-18-9-7-17(8-10-18)19(16-5-2-1-3-6-16)15-20(25)23-11-13-24-12-4-14-27-21(24)26/h1-3,5-10,19H,4,11-15H2,(H,23,25)/t19-/m0/s1. The highest BCUT2D eigenvalue weighted by Gasteiger charge is 2.21. The number of carbonyl (C=O) groups is 2. The van der Waals surface area contributed by atoms with Gasteiger partial charge in [-0.2, -0.15) is 0 Å². The maximum Gasteiger partial charge on any atom is 0.409 e. The zero-order chi connectivity index (χ0) is 19.1. The molecule has 6 heteroatoms. The summed E-state index contributed by atoms with van der Waals surface area (Å²) in [5, 5.41) is 3.59. The number of amides is 2. The molecule has 27 heavy (non-hydrogen) atoms. The maximum atomic E-state index is 12.5. The van der Waals surface area contributed by atoms with Crippen molar-refractivity contribution in [1.29, 1.82) is 0 Å². The molecular weight excluding hydrogens is 364 g/mol. The third kappa shape index (κ3) is 5.47. The Balaban J connectivity index is 1.60. The van der Waals surface area contributed by atoms with Gasteiger partial charge in [0.25, 0.3) is 0 Å². The largest absolute Gasteiger partial charge is 0.449 e. The summed E-state index contributed by atoms with van der Waals surface area (Å²) in [6.07, 6.45) is 0.849. The van der Waals surface area contributed by atoms with E-state index in [4.69, 9.17) is 16.3 Å². The first-order valence-electron chi connectivity index (χ1n) is 9.12. The zero-order valence-electron chi connectivity index (χ0n) is 15.1. The summed E-state index contributed by atoms with van der Waals surface area (Å²) in [5.74, 6) is -0.104. The normalized spacial score (nSPS) is 15.1. The van der Waals surface area contributed by atoms with Crippen molar-refractivity contribution in [1.82, 2.24) is 10.2 Å². The predicted octanol–water partition coefficient (Wildman–Crippen LogP) is 3.82. The van der Waals surface area contributed by atoms with Crippen LogP contribution >= 0.6 is 11.6 Å². The lowest BCUT2D eigenvalue weighted by Crippen LogP contribution is -2.42. The van der Waals surface area contributed by atoms with Gasteiger partial charge in [-0.1, -0.05) is 54.1 Å². The molecule has 2 aromatic rings. The third-order valence-electron chi connectivity index (χ3n) is 4.62. The molecule has 0 radical (unpaired) electrons. The molecule has 2 amide bonds. The summed E-state index contributed by atoms with van der Waals surface area (Å²) in [6, 6.07) is 17.5. The fourth-order valence-corrected chi connectivity index (χ4v) is 3.32. The third-order valence-corrected chi connectivity index (χ3v) is 4.88. The van der Waals surface area contributed by atoms with Crippen molar-refractivity contribution < 1.29 is 14.3 Å². The molecule has 0 aliphatic carbocycles. The van der Waals surface area contributed by atoms with Gasteiger partial charge in [0.1, 0.15) is 0 Å². The molecule has 2 aromatic carbocycles. The lowest BCUT2D eigenvalue weighted by Gasteiger charge is -2.26. The summed E-state index contributed by atoms with van der Waals surface area (Å²) in [6.45, 7) is 2.02. The van der Waals surface area contributed by atoms with Crippen molar-refractivity contribution in [3.05, 3.63) is 70.7 Å². The Morgan fingerprint density at radius 1 is 1.11 bits per heavy atom. The van der Waals surface area contributed by atoms with Gasteiger partial charge in [0.15, 0.2) is 0 Å². The maximum absolute atomic E-state index is 12.5. The number of hydrogen-bond donors (Lipinski definition) is 1. The topological polar surface area (TPSA) is 58.6 Å². The number of nitrogens with zero attached hydrogens (tertiary/aromatic N) is 1. The van der Waals surface area contributed by atoms with Crippen LogP contribution in [-0.2, 0) is 9.53 Å². The number of rotatable bonds is 7. The van der Waals surface area contributed by atoms with Crippen molar-refractivity contribution in [3.8, 4) is 0 Å². The van der Waals surface area contributed by atoms with E-state index < -0.39 is 0 Å². The van der Waals surface area contributed by atoms with E-state index in [1.807, 2.05) is 54.6 Å².